The van der Waals surface area contributed by atoms with Gasteiger partial charge in [0, 0.05) is 0 Å². The molecule has 14 heavy (non-hydrogen) atoms. The maximum atomic E-state index is 11.4. The van der Waals surface area contributed by atoms with Gasteiger partial charge in [0.05, 0.1) is 4.90 Å². The summed E-state index contributed by atoms with van der Waals surface area (Å²) in [5.41, 5.74) is 0. The summed E-state index contributed by atoms with van der Waals surface area (Å²) in [6.07, 6.45) is 0.850. The Kier molecular flexibility index (Phi) is 3.43. The minimum absolute atomic E-state index is 0.142. The molecule has 1 aromatic rings. The van der Waals surface area contributed by atoms with Crippen LogP contribution in [0.4, 0.5) is 0 Å². The van der Waals surface area contributed by atoms with Crippen molar-refractivity contribution in [2.24, 2.45) is 11.1 Å². The summed E-state index contributed by atoms with van der Waals surface area (Å²) < 4.78 is 24.9. The van der Waals surface area contributed by atoms with Gasteiger partial charge in [-0.25, -0.2) is 8.42 Å². The molecule has 0 unspecified atom stereocenters. The Labute approximate surface area is 81.4 Å². The summed E-state index contributed by atoms with van der Waals surface area (Å²) in [7, 11) is -3.57. The van der Waals surface area contributed by atoms with Gasteiger partial charge < -0.3 is 4.94 Å². The van der Waals surface area contributed by atoms with E-state index in [1.807, 2.05) is 0 Å². The average Bonchev–Trinajstić information content (AvgIpc) is 2.19. The van der Waals surface area contributed by atoms with Crippen LogP contribution in [0.25, 0.3) is 0 Å². The van der Waals surface area contributed by atoms with Crippen LogP contribution in [0.3, 0.4) is 0 Å². The van der Waals surface area contributed by atoms with E-state index in [-0.39, 0.29) is 4.90 Å². The largest absolute Gasteiger partial charge is 0.301 e. The zero-order chi connectivity index (χ0) is 10.4. The van der Waals surface area contributed by atoms with Crippen molar-refractivity contribution in [1.29, 1.82) is 0 Å². The van der Waals surface area contributed by atoms with Gasteiger partial charge in [0.25, 0.3) is 10.0 Å². The summed E-state index contributed by atoms with van der Waals surface area (Å²) in [5.74, 6) is 4.56. The van der Waals surface area contributed by atoms with Crippen LogP contribution in [-0.2, 0) is 15.0 Å². The molecule has 0 radical (unpaired) electrons. The second kappa shape index (κ2) is 4.58. The fraction of sp³-hybridized carbons (Fsp3) is 0. The summed E-state index contributed by atoms with van der Waals surface area (Å²) in [6.45, 7) is 0. The molecule has 0 fully saturated rings. The SMILES string of the molecule is NON=CNS(=O)(=O)c1ccccc1. The molecule has 0 saturated heterocycles. The van der Waals surface area contributed by atoms with E-state index < -0.39 is 10.0 Å². The predicted octanol–water partition coefficient (Wildman–Crippen LogP) is -0.202. The van der Waals surface area contributed by atoms with Crippen LogP contribution in [-0.4, -0.2) is 14.8 Å². The number of hydrogen-bond donors (Lipinski definition) is 2. The lowest BCUT2D eigenvalue weighted by Crippen LogP contribution is -2.22. The number of hydrogen-bond acceptors (Lipinski definition) is 5. The van der Waals surface area contributed by atoms with Gasteiger partial charge in [0.2, 0.25) is 0 Å². The number of benzene rings is 1. The Bertz CT molecular complexity index is 401. The molecule has 0 amide bonds. The normalized spacial score (nSPS) is 11.5. The van der Waals surface area contributed by atoms with E-state index in [1.165, 1.54) is 12.1 Å². The van der Waals surface area contributed by atoms with E-state index in [4.69, 9.17) is 0 Å². The number of sulfonamides is 1. The van der Waals surface area contributed by atoms with Crippen molar-refractivity contribution >= 4 is 16.4 Å². The quantitative estimate of drug-likeness (QED) is 0.413. The number of oxime groups is 1. The molecule has 0 aromatic heterocycles. The lowest BCUT2D eigenvalue weighted by atomic mass is 10.4. The van der Waals surface area contributed by atoms with Gasteiger partial charge in [-0.15, -0.1) is 5.90 Å². The minimum Gasteiger partial charge on any atom is -0.301 e. The third-order valence-electron chi connectivity index (χ3n) is 1.37. The number of nitrogens with one attached hydrogen (secondary N) is 1. The van der Waals surface area contributed by atoms with Crippen LogP contribution in [0.5, 0.6) is 0 Å². The third-order valence-corrected chi connectivity index (χ3v) is 2.68. The van der Waals surface area contributed by atoms with Crippen molar-refractivity contribution < 1.29 is 13.4 Å². The first kappa shape index (κ1) is 10.5. The second-order valence-electron chi connectivity index (χ2n) is 2.27. The highest BCUT2D eigenvalue weighted by Gasteiger charge is 2.10. The topological polar surface area (TPSA) is 93.8 Å². The van der Waals surface area contributed by atoms with Crippen LogP contribution in [0.2, 0.25) is 0 Å². The minimum atomic E-state index is -3.57. The van der Waals surface area contributed by atoms with Gasteiger partial charge in [-0.2, -0.15) is 0 Å². The van der Waals surface area contributed by atoms with Gasteiger partial charge in [-0.1, -0.05) is 23.4 Å². The molecule has 1 rings (SSSR count). The van der Waals surface area contributed by atoms with E-state index in [1.54, 1.807) is 18.2 Å². The standard InChI is InChI=1S/C7H9N3O3S/c8-13-9-6-10-14(11,12)7-4-2-1-3-5-7/h1-6H,8H2,(H,9,10). The molecule has 0 saturated carbocycles. The molecule has 6 nitrogen and oxygen atoms in total. The molecule has 7 heteroatoms. The summed E-state index contributed by atoms with van der Waals surface area (Å²) in [4.78, 5) is 3.96. The molecule has 0 aliphatic carbocycles. The maximum absolute atomic E-state index is 11.4. The Hall–Kier alpha value is -1.60. The number of rotatable bonds is 4. The first-order valence-electron chi connectivity index (χ1n) is 3.62. The van der Waals surface area contributed by atoms with Crippen molar-refractivity contribution in [3.05, 3.63) is 30.3 Å². The molecule has 0 bridgehead atoms. The van der Waals surface area contributed by atoms with E-state index in [0.29, 0.717) is 0 Å². The fourth-order valence-corrected chi connectivity index (χ4v) is 1.62. The van der Waals surface area contributed by atoms with Crippen LogP contribution in [0.15, 0.2) is 40.4 Å². The Morgan fingerprint density at radius 1 is 1.36 bits per heavy atom. The first-order valence-corrected chi connectivity index (χ1v) is 5.10. The molecular weight excluding hydrogens is 206 g/mol. The van der Waals surface area contributed by atoms with Crippen molar-refractivity contribution in [1.82, 2.24) is 4.72 Å². The molecule has 0 aliphatic rings. The lowest BCUT2D eigenvalue weighted by molar-refractivity contribution is 0.150. The molecule has 0 heterocycles. The monoisotopic (exact) mass is 215 g/mol. The van der Waals surface area contributed by atoms with Crippen LogP contribution in [0.1, 0.15) is 0 Å². The van der Waals surface area contributed by atoms with Crippen molar-refractivity contribution in [2.75, 3.05) is 0 Å². The maximum Gasteiger partial charge on any atom is 0.262 e. The third kappa shape index (κ3) is 2.71. The highest BCUT2D eigenvalue weighted by Crippen LogP contribution is 2.05. The molecule has 0 aliphatic heterocycles. The van der Waals surface area contributed by atoms with Crippen molar-refractivity contribution in [3.63, 3.8) is 0 Å². The summed E-state index contributed by atoms with van der Waals surface area (Å²) >= 11 is 0. The zero-order valence-electron chi connectivity index (χ0n) is 7.12. The first-order chi connectivity index (χ1) is 6.67. The smallest absolute Gasteiger partial charge is 0.262 e. The number of nitrogens with two attached hydrogens (primary N) is 1. The van der Waals surface area contributed by atoms with Crippen LogP contribution < -0.4 is 10.6 Å². The lowest BCUT2D eigenvalue weighted by Gasteiger charge is -2.01. The fourth-order valence-electron chi connectivity index (χ4n) is 0.789. The molecule has 0 spiro atoms. The highest BCUT2D eigenvalue weighted by molar-refractivity contribution is 7.90. The van der Waals surface area contributed by atoms with Crippen molar-refractivity contribution in [3.8, 4) is 0 Å². The van der Waals surface area contributed by atoms with Gasteiger partial charge in [0.1, 0.15) is 6.34 Å². The van der Waals surface area contributed by atoms with E-state index in [0.717, 1.165) is 6.34 Å². The van der Waals surface area contributed by atoms with Gasteiger partial charge >= 0.3 is 0 Å². The van der Waals surface area contributed by atoms with E-state index in [9.17, 15) is 8.42 Å². The number of nitrogens with zero attached hydrogens (tertiary/aromatic N) is 1. The predicted molar refractivity (Wildman–Crippen MR) is 50.5 cm³/mol. The molecule has 76 valence electrons. The molecule has 1 aromatic carbocycles. The molecule has 3 N–H and O–H groups in total. The van der Waals surface area contributed by atoms with Crippen LogP contribution in [0, 0.1) is 0 Å². The second-order valence-corrected chi connectivity index (χ2v) is 3.99. The van der Waals surface area contributed by atoms with Crippen LogP contribution >= 0.6 is 0 Å². The molecular formula is C7H9N3O3S. The van der Waals surface area contributed by atoms with Gasteiger partial charge in [-0.05, 0) is 12.1 Å². The Morgan fingerprint density at radius 3 is 2.57 bits per heavy atom. The molecule has 0 atom stereocenters. The zero-order valence-corrected chi connectivity index (χ0v) is 7.94. The summed E-state index contributed by atoms with van der Waals surface area (Å²) in [6, 6.07) is 7.87. The van der Waals surface area contributed by atoms with Gasteiger partial charge in [0.15, 0.2) is 0 Å². The highest BCUT2D eigenvalue weighted by atomic mass is 32.2. The van der Waals surface area contributed by atoms with E-state index >= 15 is 0 Å². The summed E-state index contributed by atoms with van der Waals surface area (Å²) in [5, 5.41) is 3.04. The Balaban J connectivity index is 2.82. The van der Waals surface area contributed by atoms with E-state index in [2.05, 4.69) is 20.7 Å². The van der Waals surface area contributed by atoms with Gasteiger partial charge in [-0.3, -0.25) is 4.72 Å². The average molecular weight is 215 g/mol. The Morgan fingerprint density at radius 2 is 2.00 bits per heavy atom. The van der Waals surface area contributed by atoms with Crippen molar-refractivity contribution in [2.45, 2.75) is 4.90 Å².